The van der Waals surface area contributed by atoms with Crippen LogP contribution in [0.25, 0.3) is 11.5 Å². The molecule has 1 aliphatic rings. The van der Waals surface area contributed by atoms with Crippen LogP contribution in [-0.2, 0) is 6.54 Å². The molecule has 27 heavy (non-hydrogen) atoms. The van der Waals surface area contributed by atoms with Gasteiger partial charge in [-0.15, -0.1) is 0 Å². The van der Waals surface area contributed by atoms with E-state index in [9.17, 15) is 4.79 Å². The van der Waals surface area contributed by atoms with Crippen LogP contribution in [0, 0.1) is 0 Å². The highest BCUT2D eigenvalue weighted by Gasteiger charge is 2.25. The highest BCUT2D eigenvalue weighted by molar-refractivity contribution is 5.50. The Kier molecular flexibility index (Phi) is 5.02. The van der Waals surface area contributed by atoms with Crippen molar-refractivity contribution in [1.29, 1.82) is 0 Å². The van der Waals surface area contributed by atoms with E-state index in [1.165, 1.54) is 11.6 Å². The zero-order valence-electron chi connectivity index (χ0n) is 15.2. The monoisotopic (exact) mass is 366 g/mol. The largest absolute Gasteiger partial charge is 0.497 e. The molecule has 1 fully saturated rings. The molecule has 0 amide bonds. The third-order valence-electron chi connectivity index (χ3n) is 4.99. The SMILES string of the molecule is COc1ccc(CN2CCC(c3noc(-c4ccc(=O)[nH]c4)n3)CC2)cc1. The summed E-state index contributed by atoms with van der Waals surface area (Å²) in [5.41, 5.74) is 1.86. The Hall–Kier alpha value is -2.93. The highest BCUT2D eigenvalue weighted by atomic mass is 16.5. The summed E-state index contributed by atoms with van der Waals surface area (Å²) in [6.45, 7) is 2.93. The number of piperidine rings is 1. The number of hydrogen-bond donors (Lipinski definition) is 1. The van der Waals surface area contributed by atoms with E-state index >= 15 is 0 Å². The second-order valence-corrected chi connectivity index (χ2v) is 6.80. The molecule has 7 heteroatoms. The van der Waals surface area contributed by atoms with Gasteiger partial charge in [-0.3, -0.25) is 9.69 Å². The van der Waals surface area contributed by atoms with E-state index in [1.54, 1.807) is 19.4 Å². The van der Waals surface area contributed by atoms with Gasteiger partial charge in [-0.05, 0) is 49.7 Å². The minimum absolute atomic E-state index is 0.150. The Morgan fingerprint density at radius 1 is 1.19 bits per heavy atom. The molecule has 0 radical (unpaired) electrons. The molecule has 0 atom stereocenters. The average Bonchev–Trinajstić information content (AvgIpc) is 3.20. The van der Waals surface area contributed by atoms with Crippen LogP contribution in [0.2, 0.25) is 0 Å². The fraction of sp³-hybridized carbons (Fsp3) is 0.350. The van der Waals surface area contributed by atoms with Crippen molar-refractivity contribution in [3.05, 3.63) is 64.3 Å². The number of ether oxygens (including phenoxy) is 1. The summed E-state index contributed by atoms with van der Waals surface area (Å²) in [5, 5.41) is 4.16. The molecule has 7 nitrogen and oxygen atoms in total. The molecule has 3 heterocycles. The third-order valence-corrected chi connectivity index (χ3v) is 4.99. The Balaban J connectivity index is 1.35. The van der Waals surface area contributed by atoms with E-state index in [4.69, 9.17) is 9.26 Å². The van der Waals surface area contributed by atoms with Crippen molar-refractivity contribution < 1.29 is 9.26 Å². The van der Waals surface area contributed by atoms with Gasteiger partial charge in [0.15, 0.2) is 5.82 Å². The Labute approximate surface area is 157 Å². The number of pyridine rings is 1. The van der Waals surface area contributed by atoms with Crippen LogP contribution < -0.4 is 10.3 Å². The zero-order chi connectivity index (χ0) is 18.6. The van der Waals surface area contributed by atoms with E-state index in [2.05, 4.69) is 32.2 Å². The number of rotatable bonds is 5. The van der Waals surface area contributed by atoms with E-state index in [0.29, 0.717) is 11.8 Å². The third kappa shape index (κ3) is 4.09. The Bertz CT molecular complexity index is 920. The van der Waals surface area contributed by atoms with Crippen molar-refractivity contribution in [1.82, 2.24) is 20.0 Å². The van der Waals surface area contributed by atoms with E-state index < -0.39 is 0 Å². The van der Waals surface area contributed by atoms with Gasteiger partial charge in [0.25, 0.3) is 5.89 Å². The van der Waals surface area contributed by atoms with Crippen molar-refractivity contribution in [3.8, 4) is 17.2 Å². The van der Waals surface area contributed by atoms with Crippen molar-refractivity contribution in [2.24, 2.45) is 0 Å². The molecule has 1 aromatic carbocycles. The summed E-state index contributed by atoms with van der Waals surface area (Å²) >= 11 is 0. The van der Waals surface area contributed by atoms with Crippen molar-refractivity contribution in [2.45, 2.75) is 25.3 Å². The maximum atomic E-state index is 11.2. The van der Waals surface area contributed by atoms with Crippen LogP contribution >= 0.6 is 0 Å². The van der Waals surface area contributed by atoms with Crippen LogP contribution in [-0.4, -0.2) is 40.2 Å². The van der Waals surface area contributed by atoms with Crippen molar-refractivity contribution in [3.63, 3.8) is 0 Å². The number of aromatic nitrogens is 3. The van der Waals surface area contributed by atoms with Gasteiger partial charge in [0.2, 0.25) is 5.56 Å². The van der Waals surface area contributed by atoms with Crippen LogP contribution in [0.3, 0.4) is 0 Å². The molecule has 4 rings (SSSR count). The maximum Gasteiger partial charge on any atom is 0.259 e. The molecule has 1 aliphatic heterocycles. The normalized spacial score (nSPS) is 15.7. The molecule has 0 unspecified atom stereocenters. The van der Waals surface area contributed by atoms with Gasteiger partial charge in [0.1, 0.15) is 5.75 Å². The quantitative estimate of drug-likeness (QED) is 0.747. The van der Waals surface area contributed by atoms with E-state index in [0.717, 1.165) is 49.6 Å². The molecule has 1 N–H and O–H groups in total. The van der Waals surface area contributed by atoms with Crippen LogP contribution in [0.4, 0.5) is 0 Å². The predicted molar refractivity (Wildman–Crippen MR) is 101 cm³/mol. The molecular formula is C20H22N4O3. The number of H-pyrrole nitrogens is 1. The fourth-order valence-electron chi connectivity index (χ4n) is 3.40. The molecule has 1 saturated heterocycles. The fourth-order valence-corrected chi connectivity index (χ4v) is 3.40. The molecule has 0 saturated carbocycles. The number of nitrogens with zero attached hydrogens (tertiary/aromatic N) is 3. The number of likely N-dealkylation sites (tertiary alicyclic amines) is 1. The molecule has 0 aliphatic carbocycles. The number of methoxy groups -OCH3 is 1. The summed E-state index contributed by atoms with van der Waals surface area (Å²) in [5.74, 6) is 2.38. The van der Waals surface area contributed by atoms with Gasteiger partial charge in [-0.2, -0.15) is 4.98 Å². The Morgan fingerprint density at radius 2 is 1.96 bits per heavy atom. The second-order valence-electron chi connectivity index (χ2n) is 6.80. The summed E-state index contributed by atoms with van der Waals surface area (Å²) in [7, 11) is 1.68. The lowest BCUT2D eigenvalue weighted by Gasteiger charge is -2.30. The topological polar surface area (TPSA) is 84.2 Å². The van der Waals surface area contributed by atoms with Gasteiger partial charge in [0, 0.05) is 24.7 Å². The molecule has 140 valence electrons. The van der Waals surface area contributed by atoms with Crippen LogP contribution in [0.5, 0.6) is 5.75 Å². The number of nitrogens with one attached hydrogen (secondary N) is 1. The molecule has 0 spiro atoms. The summed E-state index contributed by atoms with van der Waals surface area (Å²) in [6.07, 6.45) is 3.60. The first kappa shape index (κ1) is 17.5. The molecule has 2 aromatic heterocycles. The van der Waals surface area contributed by atoms with Crippen molar-refractivity contribution in [2.75, 3.05) is 20.2 Å². The number of benzene rings is 1. The van der Waals surface area contributed by atoms with Crippen LogP contribution in [0.15, 0.2) is 51.9 Å². The maximum absolute atomic E-state index is 11.2. The second kappa shape index (κ2) is 7.75. The summed E-state index contributed by atoms with van der Waals surface area (Å²) in [6, 6.07) is 11.4. The lowest BCUT2D eigenvalue weighted by Crippen LogP contribution is -2.32. The standard InChI is InChI=1S/C20H22N4O3/c1-26-17-5-2-14(3-6-17)13-24-10-8-15(9-11-24)19-22-20(27-23-19)16-4-7-18(25)21-12-16/h2-7,12,15H,8-11,13H2,1H3,(H,21,25). The molecule has 3 aromatic rings. The van der Waals surface area contributed by atoms with Crippen molar-refractivity contribution >= 4 is 0 Å². The van der Waals surface area contributed by atoms with Gasteiger partial charge in [-0.1, -0.05) is 17.3 Å². The van der Waals surface area contributed by atoms with Gasteiger partial charge in [0.05, 0.1) is 12.7 Å². The first-order chi connectivity index (χ1) is 13.2. The zero-order valence-corrected chi connectivity index (χ0v) is 15.2. The van der Waals surface area contributed by atoms with E-state index in [-0.39, 0.29) is 5.56 Å². The molecule has 0 bridgehead atoms. The van der Waals surface area contributed by atoms with E-state index in [1.807, 2.05) is 12.1 Å². The first-order valence-electron chi connectivity index (χ1n) is 9.09. The van der Waals surface area contributed by atoms with Crippen LogP contribution in [0.1, 0.15) is 30.1 Å². The first-order valence-corrected chi connectivity index (χ1v) is 9.09. The van der Waals surface area contributed by atoms with Gasteiger partial charge in [-0.25, -0.2) is 0 Å². The van der Waals surface area contributed by atoms with Gasteiger partial charge < -0.3 is 14.2 Å². The number of hydrogen-bond acceptors (Lipinski definition) is 6. The molecular weight excluding hydrogens is 344 g/mol. The predicted octanol–water partition coefficient (Wildman–Crippen LogP) is 2.81. The summed E-state index contributed by atoms with van der Waals surface area (Å²) in [4.78, 5) is 20.8. The Morgan fingerprint density at radius 3 is 2.63 bits per heavy atom. The lowest BCUT2D eigenvalue weighted by molar-refractivity contribution is 0.200. The average molecular weight is 366 g/mol. The van der Waals surface area contributed by atoms with Gasteiger partial charge >= 0.3 is 0 Å². The lowest BCUT2D eigenvalue weighted by atomic mass is 9.96. The minimum Gasteiger partial charge on any atom is -0.497 e. The summed E-state index contributed by atoms with van der Waals surface area (Å²) < 4.78 is 10.6. The smallest absolute Gasteiger partial charge is 0.259 e. The minimum atomic E-state index is -0.150. The highest BCUT2D eigenvalue weighted by Crippen LogP contribution is 2.28. The number of aromatic amines is 1.